The van der Waals surface area contributed by atoms with Gasteiger partial charge in [-0.05, 0) is 50.1 Å². The molecule has 1 aromatic heterocycles. The smallest absolute Gasteiger partial charge is 0.251 e. The molecular weight excluding hydrogens is 418 g/mol. The third kappa shape index (κ3) is 5.01. The van der Waals surface area contributed by atoms with Crippen LogP contribution in [0.4, 0.5) is 0 Å². The molecule has 2 aliphatic heterocycles. The maximum absolute atomic E-state index is 12.9. The molecule has 2 saturated heterocycles. The molecule has 2 aromatic rings. The molecule has 1 aromatic carbocycles. The van der Waals surface area contributed by atoms with Crippen molar-refractivity contribution in [2.75, 3.05) is 45.9 Å². The van der Waals surface area contributed by atoms with Gasteiger partial charge in [-0.1, -0.05) is 6.07 Å². The Morgan fingerprint density at radius 1 is 1.10 bits per heavy atom. The van der Waals surface area contributed by atoms with Crippen molar-refractivity contribution < 1.29 is 22.4 Å². The van der Waals surface area contributed by atoms with E-state index in [1.807, 2.05) is 19.1 Å². The van der Waals surface area contributed by atoms with Gasteiger partial charge in [-0.3, -0.25) is 9.69 Å². The van der Waals surface area contributed by atoms with Gasteiger partial charge in [0.25, 0.3) is 5.91 Å². The number of rotatable bonds is 7. The van der Waals surface area contributed by atoms with Gasteiger partial charge in [-0.25, -0.2) is 8.42 Å². The van der Waals surface area contributed by atoms with Gasteiger partial charge >= 0.3 is 0 Å². The minimum atomic E-state index is -3.57. The third-order valence-corrected chi connectivity index (χ3v) is 7.73. The van der Waals surface area contributed by atoms with Gasteiger partial charge < -0.3 is 14.5 Å². The second-order valence-electron chi connectivity index (χ2n) is 7.96. The summed E-state index contributed by atoms with van der Waals surface area (Å²) in [6, 6.07) is 10.0. The van der Waals surface area contributed by atoms with Crippen molar-refractivity contribution in [3.63, 3.8) is 0 Å². The molecule has 1 atom stereocenters. The molecule has 0 bridgehead atoms. The summed E-state index contributed by atoms with van der Waals surface area (Å²) in [4.78, 5) is 15.3. The number of carbonyl (C=O) groups excluding carboxylic acids is 1. The van der Waals surface area contributed by atoms with Gasteiger partial charge in [0.2, 0.25) is 10.0 Å². The number of amides is 1. The van der Waals surface area contributed by atoms with Crippen molar-refractivity contribution in [3.8, 4) is 0 Å². The molecule has 1 N–H and O–H groups in total. The monoisotopic (exact) mass is 447 g/mol. The second-order valence-corrected chi connectivity index (χ2v) is 9.90. The van der Waals surface area contributed by atoms with Gasteiger partial charge in [0.1, 0.15) is 11.5 Å². The van der Waals surface area contributed by atoms with E-state index in [-0.39, 0.29) is 16.8 Å². The van der Waals surface area contributed by atoms with Crippen LogP contribution in [0, 0.1) is 6.92 Å². The van der Waals surface area contributed by atoms with Crippen molar-refractivity contribution >= 4 is 15.9 Å². The Kier molecular flexibility index (Phi) is 6.76. The summed E-state index contributed by atoms with van der Waals surface area (Å²) < 4.78 is 38.4. The molecule has 4 rings (SSSR count). The number of aryl methyl sites for hydroxylation is 1. The van der Waals surface area contributed by atoms with Crippen LogP contribution in [0.1, 0.15) is 40.8 Å². The fourth-order valence-corrected chi connectivity index (χ4v) is 5.66. The number of carbonyl (C=O) groups is 1. The quantitative estimate of drug-likeness (QED) is 0.700. The van der Waals surface area contributed by atoms with Crippen LogP contribution in [-0.2, 0) is 14.8 Å². The molecule has 168 valence electrons. The highest BCUT2D eigenvalue weighted by atomic mass is 32.2. The summed E-state index contributed by atoms with van der Waals surface area (Å²) >= 11 is 0. The summed E-state index contributed by atoms with van der Waals surface area (Å²) in [7, 11) is -3.57. The van der Waals surface area contributed by atoms with Crippen LogP contribution in [0.25, 0.3) is 0 Å². The average molecular weight is 448 g/mol. The Balaban J connectivity index is 1.48. The van der Waals surface area contributed by atoms with E-state index in [9.17, 15) is 13.2 Å². The summed E-state index contributed by atoms with van der Waals surface area (Å²) in [5, 5.41) is 2.96. The molecule has 0 saturated carbocycles. The van der Waals surface area contributed by atoms with Crippen LogP contribution in [0.3, 0.4) is 0 Å². The van der Waals surface area contributed by atoms with E-state index in [1.54, 1.807) is 18.2 Å². The number of morpholine rings is 1. The lowest BCUT2D eigenvalue weighted by Gasteiger charge is -2.33. The first-order chi connectivity index (χ1) is 14.9. The van der Waals surface area contributed by atoms with Gasteiger partial charge in [-0.2, -0.15) is 4.31 Å². The zero-order valence-electron chi connectivity index (χ0n) is 17.7. The highest BCUT2D eigenvalue weighted by Crippen LogP contribution is 2.24. The SMILES string of the molecule is Cc1ccc([C@H](CNC(=O)c2cccc(S(=O)(=O)N3CCCC3)c2)N2CCOCC2)o1. The van der Waals surface area contributed by atoms with E-state index in [4.69, 9.17) is 9.15 Å². The maximum Gasteiger partial charge on any atom is 0.251 e. The number of nitrogens with zero attached hydrogens (tertiary/aromatic N) is 2. The first-order valence-corrected chi connectivity index (χ1v) is 12.2. The Labute approximate surface area is 183 Å². The largest absolute Gasteiger partial charge is 0.465 e. The zero-order valence-corrected chi connectivity index (χ0v) is 18.6. The van der Waals surface area contributed by atoms with Gasteiger partial charge in [0.15, 0.2) is 0 Å². The molecule has 0 radical (unpaired) electrons. The lowest BCUT2D eigenvalue weighted by molar-refractivity contribution is 0.0117. The predicted octanol–water partition coefficient (Wildman–Crippen LogP) is 2.18. The molecule has 8 nitrogen and oxygen atoms in total. The normalized spacial score (nSPS) is 19.4. The number of benzene rings is 1. The Hall–Kier alpha value is -2.20. The highest BCUT2D eigenvalue weighted by molar-refractivity contribution is 7.89. The fraction of sp³-hybridized carbons (Fsp3) is 0.500. The van der Waals surface area contributed by atoms with Crippen LogP contribution in [0.5, 0.6) is 0 Å². The molecule has 0 aliphatic carbocycles. The fourth-order valence-electron chi connectivity index (χ4n) is 4.10. The van der Waals surface area contributed by atoms with Crippen molar-refractivity contribution in [2.45, 2.75) is 30.7 Å². The molecule has 3 heterocycles. The Bertz CT molecular complexity index is 1010. The van der Waals surface area contributed by atoms with Crippen molar-refractivity contribution in [1.82, 2.24) is 14.5 Å². The number of hydrogen-bond acceptors (Lipinski definition) is 6. The van der Waals surface area contributed by atoms with Crippen LogP contribution in [-0.4, -0.2) is 69.5 Å². The van der Waals surface area contributed by atoms with Crippen LogP contribution in [0.15, 0.2) is 45.7 Å². The predicted molar refractivity (Wildman–Crippen MR) is 115 cm³/mol. The third-order valence-electron chi connectivity index (χ3n) is 5.83. The molecule has 2 aliphatic rings. The van der Waals surface area contributed by atoms with Crippen LogP contribution in [0.2, 0.25) is 0 Å². The second kappa shape index (κ2) is 9.52. The molecule has 9 heteroatoms. The first-order valence-electron chi connectivity index (χ1n) is 10.7. The molecule has 0 spiro atoms. The van der Waals surface area contributed by atoms with Crippen molar-refractivity contribution in [1.29, 1.82) is 0 Å². The minimum Gasteiger partial charge on any atom is -0.465 e. The average Bonchev–Trinajstić information content (AvgIpc) is 3.47. The summed E-state index contributed by atoms with van der Waals surface area (Å²) in [5.41, 5.74) is 0.330. The summed E-state index contributed by atoms with van der Waals surface area (Å²) in [5.74, 6) is 1.31. The molecule has 1 amide bonds. The molecular formula is C22H29N3O5S. The summed E-state index contributed by atoms with van der Waals surface area (Å²) in [6.07, 6.45) is 1.74. The van der Waals surface area contributed by atoms with Gasteiger partial charge in [-0.15, -0.1) is 0 Å². The van der Waals surface area contributed by atoms with E-state index in [0.717, 1.165) is 37.5 Å². The topological polar surface area (TPSA) is 92.1 Å². The maximum atomic E-state index is 12.9. The van der Waals surface area contributed by atoms with Crippen molar-refractivity contribution in [2.24, 2.45) is 0 Å². The van der Waals surface area contributed by atoms with E-state index in [2.05, 4.69) is 10.2 Å². The lowest BCUT2D eigenvalue weighted by Crippen LogP contribution is -2.43. The standard InChI is InChI=1S/C22H29N3O5S/c1-17-7-8-21(30-17)20(24-11-13-29-14-12-24)16-23-22(26)18-5-4-6-19(15-18)31(27,28)25-9-2-3-10-25/h4-8,15,20H,2-3,9-14,16H2,1H3,(H,23,26)/t20-/m0/s1. The Morgan fingerprint density at radius 2 is 1.84 bits per heavy atom. The van der Waals surface area contributed by atoms with Crippen LogP contribution >= 0.6 is 0 Å². The zero-order chi connectivity index (χ0) is 21.8. The Morgan fingerprint density at radius 3 is 2.52 bits per heavy atom. The minimum absolute atomic E-state index is 0.113. The van der Waals surface area contributed by atoms with E-state index in [0.29, 0.717) is 38.4 Å². The lowest BCUT2D eigenvalue weighted by atomic mass is 10.1. The number of hydrogen-bond donors (Lipinski definition) is 1. The number of sulfonamides is 1. The van der Waals surface area contributed by atoms with E-state index >= 15 is 0 Å². The number of furan rings is 1. The molecule has 0 unspecified atom stereocenters. The van der Waals surface area contributed by atoms with Gasteiger partial charge in [0, 0.05) is 38.3 Å². The number of nitrogens with one attached hydrogen (secondary N) is 1. The molecule has 2 fully saturated rings. The first kappa shape index (κ1) is 22.0. The van der Waals surface area contributed by atoms with E-state index in [1.165, 1.54) is 10.4 Å². The van der Waals surface area contributed by atoms with Crippen LogP contribution < -0.4 is 5.32 Å². The molecule has 31 heavy (non-hydrogen) atoms. The van der Waals surface area contributed by atoms with E-state index < -0.39 is 10.0 Å². The van der Waals surface area contributed by atoms with Crippen molar-refractivity contribution in [3.05, 3.63) is 53.5 Å². The summed E-state index contributed by atoms with van der Waals surface area (Å²) in [6.45, 7) is 6.10. The highest BCUT2D eigenvalue weighted by Gasteiger charge is 2.28. The van der Waals surface area contributed by atoms with Gasteiger partial charge in [0.05, 0.1) is 24.2 Å². The number of ether oxygens (including phenoxy) is 1.